The van der Waals surface area contributed by atoms with Crippen molar-refractivity contribution in [1.29, 1.82) is 0 Å². The van der Waals surface area contributed by atoms with Gasteiger partial charge in [0, 0.05) is 41.3 Å². The fourth-order valence-corrected chi connectivity index (χ4v) is 5.20. The van der Waals surface area contributed by atoms with Crippen LogP contribution in [0.15, 0.2) is 52.3 Å². The normalized spacial score (nSPS) is 24.9. The standard InChI is InChI=1S/C23H27NO3S/c1-3-24-21-9-8-20(13-17(21)7-10-22(24)25)28-19-6-4-5-18(14-19)23(26)11-12-27-16(2)15-23/h4-6,8-9,13-14,16,26H,3,7,10-12,15H2,1-2H3/t16-,23+/m0/s1. The van der Waals surface area contributed by atoms with Crippen LogP contribution in [-0.2, 0) is 21.6 Å². The minimum absolute atomic E-state index is 0.0694. The van der Waals surface area contributed by atoms with Gasteiger partial charge >= 0.3 is 0 Å². The van der Waals surface area contributed by atoms with Gasteiger partial charge in [-0.3, -0.25) is 4.79 Å². The number of amides is 1. The van der Waals surface area contributed by atoms with Crippen LogP contribution in [0, 0.1) is 0 Å². The number of carbonyl (C=O) groups is 1. The number of ether oxygens (including phenoxy) is 1. The molecule has 0 unspecified atom stereocenters. The van der Waals surface area contributed by atoms with Gasteiger partial charge in [-0.2, -0.15) is 0 Å². The Kier molecular flexibility index (Phi) is 5.50. The predicted octanol–water partition coefficient (Wildman–Crippen LogP) is 4.52. The lowest BCUT2D eigenvalue weighted by atomic mass is 9.84. The Hall–Kier alpha value is -1.82. The first-order valence-corrected chi connectivity index (χ1v) is 10.9. The Morgan fingerprint density at radius 2 is 2.04 bits per heavy atom. The van der Waals surface area contributed by atoms with Gasteiger partial charge in [0.05, 0.1) is 18.3 Å². The van der Waals surface area contributed by atoms with Crippen molar-refractivity contribution in [2.45, 2.75) is 61.0 Å². The van der Waals surface area contributed by atoms with Gasteiger partial charge in [-0.1, -0.05) is 23.9 Å². The van der Waals surface area contributed by atoms with E-state index in [4.69, 9.17) is 4.74 Å². The largest absolute Gasteiger partial charge is 0.385 e. The van der Waals surface area contributed by atoms with E-state index in [0.717, 1.165) is 27.5 Å². The molecule has 2 aliphatic rings. The first kappa shape index (κ1) is 19.5. The molecular weight excluding hydrogens is 370 g/mol. The van der Waals surface area contributed by atoms with E-state index in [9.17, 15) is 9.90 Å². The van der Waals surface area contributed by atoms with E-state index < -0.39 is 5.60 Å². The number of aryl methyl sites for hydroxylation is 1. The van der Waals surface area contributed by atoms with E-state index in [2.05, 4.69) is 30.3 Å². The van der Waals surface area contributed by atoms with Crippen LogP contribution in [0.4, 0.5) is 5.69 Å². The van der Waals surface area contributed by atoms with Crippen molar-refractivity contribution in [3.05, 3.63) is 53.6 Å². The zero-order valence-corrected chi connectivity index (χ0v) is 17.3. The Balaban J connectivity index is 1.56. The molecule has 0 spiro atoms. The third kappa shape index (κ3) is 3.84. The predicted molar refractivity (Wildman–Crippen MR) is 112 cm³/mol. The summed E-state index contributed by atoms with van der Waals surface area (Å²) in [5.74, 6) is 0.210. The molecule has 4 rings (SSSR count). The minimum Gasteiger partial charge on any atom is -0.385 e. The van der Waals surface area contributed by atoms with Gasteiger partial charge < -0.3 is 14.7 Å². The number of carbonyl (C=O) groups excluding carboxylic acids is 1. The van der Waals surface area contributed by atoms with E-state index >= 15 is 0 Å². The van der Waals surface area contributed by atoms with E-state index in [1.807, 2.05) is 30.9 Å². The summed E-state index contributed by atoms with van der Waals surface area (Å²) >= 11 is 1.70. The number of hydrogen-bond donors (Lipinski definition) is 1. The monoisotopic (exact) mass is 397 g/mol. The summed E-state index contributed by atoms with van der Waals surface area (Å²) in [4.78, 5) is 16.2. The number of fused-ring (bicyclic) bond motifs is 1. The zero-order chi connectivity index (χ0) is 19.7. The lowest BCUT2D eigenvalue weighted by Gasteiger charge is -2.36. The Labute approximate surface area is 170 Å². The van der Waals surface area contributed by atoms with Crippen molar-refractivity contribution in [3.8, 4) is 0 Å². The van der Waals surface area contributed by atoms with Crippen molar-refractivity contribution in [2.24, 2.45) is 0 Å². The molecule has 2 aromatic carbocycles. The van der Waals surface area contributed by atoms with Gasteiger partial charge in [0.25, 0.3) is 0 Å². The number of nitrogens with zero attached hydrogens (tertiary/aromatic N) is 1. The molecule has 2 atom stereocenters. The maximum absolute atomic E-state index is 12.1. The van der Waals surface area contributed by atoms with Crippen molar-refractivity contribution < 1.29 is 14.6 Å². The highest BCUT2D eigenvalue weighted by Gasteiger charge is 2.35. The SMILES string of the molecule is CCN1C(=O)CCc2cc(Sc3cccc([C@@]4(O)CCO[C@@H](C)C4)c3)ccc21. The Morgan fingerprint density at radius 1 is 1.21 bits per heavy atom. The molecule has 2 heterocycles. The molecule has 0 saturated carbocycles. The maximum Gasteiger partial charge on any atom is 0.227 e. The summed E-state index contributed by atoms with van der Waals surface area (Å²) in [7, 11) is 0. The lowest BCUT2D eigenvalue weighted by Crippen LogP contribution is -2.37. The van der Waals surface area contributed by atoms with Gasteiger partial charge in [0.2, 0.25) is 5.91 Å². The van der Waals surface area contributed by atoms with Crippen molar-refractivity contribution in [3.63, 3.8) is 0 Å². The van der Waals surface area contributed by atoms with Crippen LogP contribution >= 0.6 is 11.8 Å². The molecule has 0 aromatic heterocycles. The highest BCUT2D eigenvalue weighted by Crippen LogP contribution is 2.38. The second-order valence-corrected chi connectivity index (χ2v) is 8.87. The molecule has 1 fully saturated rings. The third-order valence-corrected chi connectivity index (χ3v) is 6.70. The minimum atomic E-state index is -0.813. The molecule has 0 radical (unpaired) electrons. The van der Waals surface area contributed by atoms with Gasteiger partial charge in [-0.05, 0) is 61.7 Å². The quantitative estimate of drug-likeness (QED) is 0.824. The average molecular weight is 398 g/mol. The summed E-state index contributed by atoms with van der Waals surface area (Å²) in [6.07, 6.45) is 2.71. The molecule has 148 valence electrons. The Bertz CT molecular complexity index is 884. The van der Waals surface area contributed by atoms with Crippen molar-refractivity contribution >= 4 is 23.4 Å². The Morgan fingerprint density at radius 3 is 2.82 bits per heavy atom. The molecule has 4 nitrogen and oxygen atoms in total. The zero-order valence-electron chi connectivity index (χ0n) is 16.5. The lowest BCUT2D eigenvalue weighted by molar-refractivity contribution is -0.118. The molecule has 1 amide bonds. The van der Waals surface area contributed by atoms with Crippen LogP contribution in [0.1, 0.15) is 44.2 Å². The van der Waals surface area contributed by atoms with E-state index in [-0.39, 0.29) is 12.0 Å². The van der Waals surface area contributed by atoms with Gasteiger partial charge in [0.15, 0.2) is 0 Å². The first-order valence-electron chi connectivity index (χ1n) is 10.0. The van der Waals surface area contributed by atoms with Crippen molar-refractivity contribution in [2.75, 3.05) is 18.1 Å². The highest BCUT2D eigenvalue weighted by atomic mass is 32.2. The molecular formula is C23H27NO3S. The maximum atomic E-state index is 12.1. The first-order chi connectivity index (χ1) is 13.5. The van der Waals surface area contributed by atoms with Gasteiger partial charge in [-0.15, -0.1) is 0 Å². The molecule has 1 saturated heterocycles. The summed E-state index contributed by atoms with van der Waals surface area (Å²) in [6, 6.07) is 14.6. The fourth-order valence-electron chi connectivity index (χ4n) is 4.26. The average Bonchev–Trinajstić information content (AvgIpc) is 2.68. The number of rotatable bonds is 4. The second-order valence-electron chi connectivity index (χ2n) is 7.73. The summed E-state index contributed by atoms with van der Waals surface area (Å²) < 4.78 is 5.61. The number of benzene rings is 2. The van der Waals surface area contributed by atoms with Crippen LogP contribution in [-0.4, -0.2) is 30.3 Å². The molecule has 5 heteroatoms. The smallest absolute Gasteiger partial charge is 0.227 e. The van der Waals surface area contributed by atoms with Crippen LogP contribution in [0.2, 0.25) is 0 Å². The number of hydrogen-bond acceptors (Lipinski definition) is 4. The number of aliphatic hydroxyl groups is 1. The van der Waals surface area contributed by atoms with Crippen LogP contribution in [0.3, 0.4) is 0 Å². The van der Waals surface area contributed by atoms with E-state index in [1.165, 1.54) is 5.56 Å². The van der Waals surface area contributed by atoms with Crippen LogP contribution < -0.4 is 4.90 Å². The highest BCUT2D eigenvalue weighted by molar-refractivity contribution is 7.99. The van der Waals surface area contributed by atoms with Crippen LogP contribution in [0.25, 0.3) is 0 Å². The number of anilines is 1. The molecule has 1 N–H and O–H groups in total. The topological polar surface area (TPSA) is 49.8 Å². The fraction of sp³-hybridized carbons (Fsp3) is 0.435. The second kappa shape index (κ2) is 7.90. The molecule has 2 aliphatic heterocycles. The van der Waals surface area contributed by atoms with Crippen LogP contribution in [0.5, 0.6) is 0 Å². The van der Waals surface area contributed by atoms with Crippen molar-refractivity contribution in [1.82, 2.24) is 0 Å². The van der Waals surface area contributed by atoms with Gasteiger partial charge in [-0.25, -0.2) is 0 Å². The summed E-state index contributed by atoms with van der Waals surface area (Å²) in [6.45, 7) is 5.33. The molecule has 0 aliphatic carbocycles. The summed E-state index contributed by atoms with van der Waals surface area (Å²) in [5, 5.41) is 11.1. The van der Waals surface area contributed by atoms with Gasteiger partial charge in [0.1, 0.15) is 0 Å². The van der Waals surface area contributed by atoms with E-state index in [0.29, 0.717) is 32.4 Å². The molecule has 28 heavy (non-hydrogen) atoms. The third-order valence-electron chi connectivity index (χ3n) is 5.72. The summed E-state index contributed by atoms with van der Waals surface area (Å²) in [5.41, 5.74) is 2.43. The molecule has 0 bridgehead atoms. The van der Waals surface area contributed by atoms with E-state index in [1.54, 1.807) is 11.8 Å². The molecule has 2 aromatic rings.